The maximum absolute atomic E-state index is 12.2. The first-order valence-electron chi connectivity index (χ1n) is 8.00. The molecule has 6 nitrogen and oxygen atoms in total. The van der Waals surface area contributed by atoms with Gasteiger partial charge in [0.2, 0.25) is 0 Å². The Kier molecular flexibility index (Phi) is 3.54. The highest BCUT2D eigenvalue weighted by Gasteiger charge is 2.28. The molecule has 0 saturated carbocycles. The Bertz CT molecular complexity index is 701. The lowest BCUT2D eigenvalue weighted by atomic mass is 9.96. The van der Waals surface area contributed by atoms with Gasteiger partial charge in [-0.15, -0.1) is 0 Å². The van der Waals surface area contributed by atoms with Crippen molar-refractivity contribution in [2.24, 2.45) is 5.92 Å². The molecule has 0 unspecified atom stereocenters. The summed E-state index contributed by atoms with van der Waals surface area (Å²) >= 11 is 0. The van der Waals surface area contributed by atoms with Gasteiger partial charge in [-0.3, -0.25) is 9.69 Å². The van der Waals surface area contributed by atoms with Crippen LogP contribution in [0.1, 0.15) is 29.9 Å². The fourth-order valence-corrected chi connectivity index (χ4v) is 3.44. The molecule has 0 atom stereocenters. The van der Waals surface area contributed by atoms with Crippen molar-refractivity contribution in [2.75, 3.05) is 13.1 Å². The third-order valence-corrected chi connectivity index (χ3v) is 4.61. The van der Waals surface area contributed by atoms with Gasteiger partial charge >= 0.3 is 0 Å². The van der Waals surface area contributed by atoms with Crippen molar-refractivity contribution in [1.29, 1.82) is 0 Å². The van der Waals surface area contributed by atoms with E-state index in [9.17, 15) is 4.79 Å². The quantitative estimate of drug-likeness (QED) is 0.850. The molecule has 2 aliphatic rings. The number of hydrogen-bond acceptors (Lipinski definition) is 5. The maximum atomic E-state index is 12.2. The van der Waals surface area contributed by atoms with Crippen LogP contribution in [0.3, 0.4) is 0 Å². The number of fused-ring (bicyclic) bond motifs is 1. The summed E-state index contributed by atoms with van der Waals surface area (Å²) in [6.07, 6.45) is 6.05. The Morgan fingerprint density at radius 3 is 2.95 bits per heavy atom. The first kappa shape index (κ1) is 13.7. The van der Waals surface area contributed by atoms with Crippen LogP contribution in [0.4, 0.5) is 0 Å². The van der Waals surface area contributed by atoms with Crippen molar-refractivity contribution in [3.63, 3.8) is 0 Å². The average Bonchev–Trinajstić information content (AvgIpc) is 2.98. The lowest BCUT2D eigenvalue weighted by Gasteiger charge is -2.38. The van der Waals surface area contributed by atoms with Crippen molar-refractivity contribution in [3.05, 3.63) is 45.7 Å². The van der Waals surface area contributed by atoms with E-state index in [1.807, 2.05) is 6.07 Å². The van der Waals surface area contributed by atoms with Crippen molar-refractivity contribution < 1.29 is 4.52 Å². The topological polar surface area (TPSA) is 64.2 Å². The first-order valence-corrected chi connectivity index (χ1v) is 8.00. The summed E-state index contributed by atoms with van der Waals surface area (Å²) in [4.78, 5) is 14.5. The van der Waals surface area contributed by atoms with Crippen molar-refractivity contribution in [2.45, 2.75) is 38.8 Å². The van der Waals surface area contributed by atoms with Gasteiger partial charge < -0.3 is 4.52 Å². The summed E-state index contributed by atoms with van der Waals surface area (Å²) in [6.45, 7) is 3.47. The highest BCUT2D eigenvalue weighted by molar-refractivity contribution is 5.20. The van der Waals surface area contributed by atoms with Crippen LogP contribution in [-0.2, 0) is 25.9 Å². The van der Waals surface area contributed by atoms with Gasteiger partial charge in [-0.1, -0.05) is 5.16 Å². The molecule has 0 radical (unpaired) electrons. The minimum absolute atomic E-state index is 0.0503. The fraction of sp³-hybridized carbons (Fsp3) is 0.562. The van der Waals surface area contributed by atoms with E-state index in [1.165, 1.54) is 12.8 Å². The summed E-state index contributed by atoms with van der Waals surface area (Å²) in [6, 6.07) is 3.69. The molecule has 0 aromatic carbocycles. The van der Waals surface area contributed by atoms with Gasteiger partial charge in [-0.2, -0.15) is 5.10 Å². The second kappa shape index (κ2) is 5.68. The van der Waals surface area contributed by atoms with Crippen LogP contribution < -0.4 is 5.56 Å². The van der Waals surface area contributed by atoms with Crippen molar-refractivity contribution in [1.82, 2.24) is 19.8 Å². The molecule has 116 valence electrons. The zero-order valence-corrected chi connectivity index (χ0v) is 12.6. The summed E-state index contributed by atoms with van der Waals surface area (Å²) in [5, 5.41) is 8.31. The zero-order chi connectivity index (χ0) is 14.9. The number of rotatable bonds is 4. The number of aryl methyl sites for hydroxylation is 2. The van der Waals surface area contributed by atoms with Crippen LogP contribution in [-0.4, -0.2) is 32.9 Å². The monoisotopic (exact) mass is 300 g/mol. The van der Waals surface area contributed by atoms with Crippen LogP contribution in [0.2, 0.25) is 0 Å². The predicted molar refractivity (Wildman–Crippen MR) is 80.4 cm³/mol. The predicted octanol–water partition coefficient (Wildman–Crippen LogP) is 1.24. The van der Waals surface area contributed by atoms with Crippen LogP contribution in [0.5, 0.6) is 0 Å². The van der Waals surface area contributed by atoms with E-state index in [1.54, 1.807) is 16.9 Å². The highest BCUT2D eigenvalue weighted by Crippen LogP contribution is 2.21. The Balaban J connectivity index is 1.37. The zero-order valence-electron chi connectivity index (χ0n) is 12.6. The highest BCUT2D eigenvalue weighted by atomic mass is 16.5. The molecule has 2 aromatic rings. The molecular weight excluding hydrogens is 280 g/mol. The van der Waals surface area contributed by atoms with Gasteiger partial charge in [0.05, 0.1) is 25.0 Å². The van der Waals surface area contributed by atoms with Gasteiger partial charge in [0.15, 0.2) is 5.76 Å². The molecule has 1 fully saturated rings. The van der Waals surface area contributed by atoms with E-state index in [2.05, 4.69) is 15.2 Å². The summed E-state index contributed by atoms with van der Waals surface area (Å²) in [5.41, 5.74) is 2.34. The molecule has 3 heterocycles. The van der Waals surface area contributed by atoms with Gasteiger partial charge in [0.25, 0.3) is 5.56 Å². The molecule has 6 heteroatoms. The third-order valence-electron chi connectivity index (χ3n) is 4.61. The maximum Gasteiger partial charge on any atom is 0.267 e. The Morgan fingerprint density at radius 1 is 1.27 bits per heavy atom. The van der Waals surface area contributed by atoms with Crippen molar-refractivity contribution >= 4 is 0 Å². The standard InChI is InChI=1S/C16H20N4O2/c21-16-7-13-3-1-2-4-15(13)18-20(16)10-12-8-19(9-12)11-14-5-6-17-22-14/h5-7,12H,1-4,8-11H2. The molecule has 2 aromatic heterocycles. The summed E-state index contributed by atoms with van der Waals surface area (Å²) < 4.78 is 6.78. The SMILES string of the molecule is O=c1cc2c(nn1CC1CN(Cc3ccno3)C1)CCCC2. The minimum atomic E-state index is 0.0503. The smallest absolute Gasteiger partial charge is 0.267 e. The normalized spacial score (nSPS) is 18.9. The van der Waals surface area contributed by atoms with Gasteiger partial charge in [0.1, 0.15) is 0 Å². The number of aromatic nitrogens is 3. The second-order valence-corrected chi connectivity index (χ2v) is 6.38. The Hall–Kier alpha value is -1.95. The van der Waals surface area contributed by atoms with Crippen LogP contribution in [0.25, 0.3) is 0 Å². The lowest BCUT2D eigenvalue weighted by molar-refractivity contribution is 0.0674. The molecule has 0 spiro atoms. The van der Waals surface area contributed by atoms with E-state index < -0.39 is 0 Å². The van der Waals surface area contributed by atoms with Crippen LogP contribution >= 0.6 is 0 Å². The molecule has 1 aliphatic heterocycles. The molecule has 22 heavy (non-hydrogen) atoms. The largest absolute Gasteiger partial charge is 0.360 e. The molecular formula is C16H20N4O2. The minimum Gasteiger partial charge on any atom is -0.360 e. The number of nitrogens with zero attached hydrogens (tertiary/aromatic N) is 4. The number of likely N-dealkylation sites (tertiary alicyclic amines) is 1. The van der Waals surface area contributed by atoms with Gasteiger partial charge in [0, 0.05) is 31.1 Å². The molecule has 0 N–H and O–H groups in total. The fourth-order valence-electron chi connectivity index (χ4n) is 3.44. The Morgan fingerprint density at radius 2 is 2.14 bits per heavy atom. The van der Waals surface area contributed by atoms with Crippen molar-refractivity contribution in [3.8, 4) is 0 Å². The third kappa shape index (κ3) is 2.70. The van der Waals surface area contributed by atoms with Crippen LogP contribution in [0.15, 0.2) is 27.6 Å². The van der Waals surface area contributed by atoms with E-state index in [4.69, 9.17) is 4.52 Å². The lowest BCUT2D eigenvalue weighted by Crippen LogP contribution is -2.49. The Labute approximate surface area is 128 Å². The molecule has 4 rings (SSSR count). The first-order chi connectivity index (χ1) is 10.8. The van der Waals surface area contributed by atoms with E-state index in [0.717, 1.165) is 56.0 Å². The molecule has 0 amide bonds. The second-order valence-electron chi connectivity index (χ2n) is 6.38. The van der Waals surface area contributed by atoms with Gasteiger partial charge in [-0.05, 0) is 31.2 Å². The summed E-state index contributed by atoms with van der Waals surface area (Å²) in [7, 11) is 0. The van der Waals surface area contributed by atoms with Gasteiger partial charge in [-0.25, -0.2) is 4.68 Å². The van der Waals surface area contributed by atoms with E-state index >= 15 is 0 Å². The molecule has 0 bridgehead atoms. The van der Waals surface area contributed by atoms with E-state index in [0.29, 0.717) is 5.92 Å². The average molecular weight is 300 g/mol. The molecule has 1 saturated heterocycles. The number of hydrogen-bond donors (Lipinski definition) is 0. The van der Waals surface area contributed by atoms with Crippen LogP contribution in [0, 0.1) is 5.92 Å². The van der Waals surface area contributed by atoms with E-state index in [-0.39, 0.29) is 5.56 Å². The summed E-state index contributed by atoms with van der Waals surface area (Å²) in [5.74, 6) is 1.39. The molecule has 1 aliphatic carbocycles.